The van der Waals surface area contributed by atoms with Crippen molar-refractivity contribution in [3.05, 3.63) is 0 Å². The second kappa shape index (κ2) is 6.88. The highest BCUT2D eigenvalue weighted by Crippen LogP contribution is 1.79. The van der Waals surface area contributed by atoms with Crippen LogP contribution in [-0.2, 0) is 14.4 Å². The first-order valence-electron chi connectivity index (χ1n) is 4.32. The molecule has 0 aromatic carbocycles. The SMILES string of the molecule is CC(=O)NCCC(=O)NCCC(N)=O. The summed E-state index contributed by atoms with van der Waals surface area (Å²) in [7, 11) is 0. The monoisotopic (exact) mass is 201 g/mol. The van der Waals surface area contributed by atoms with E-state index in [-0.39, 0.29) is 31.2 Å². The van der Waals surface area contributed by atoms with Gasteiger partial charge in [-0.25, -0.2) is 0 Å². The van der Waals surface area contributed by atoms with Gasteiger partial charge in [-0.2, -0.15) is 0 Å². The van der Waals surface area contributed by atoms with Crippen LogP contribution in [0.4, 0.5) is 0 Å². The quantitative estimate of drug-likeness (QED) is 0.487. The smallest absolute Gasteiger partial charge is 0.221 e. The number of carbonyl (C=O) groups excluding carboxylic acids is 3. The van der Waals surface area contributed by atoms with E-state index >= 15 is 0 Å². The summed E-state index contributed by atoms with van der Waals surface area (Å²) >= 11 is 0. The molecule has 0 heterocycles. The lowest BCUT2D eigenvalue weighted by molar-refractivity contribution is -0.121. The largest absolute Gasteiger partial charge is 0.370 e. The van der Waals surface area contributed by atoms with Crippen LogP contribution in [0.1, 0.15) is 19.8 Å². The molecule has 0 unspecified atom stereocenters. The highest BCUT2D eigenvalue weighted by atomic mass is 16.2. The maximum absolute atomic E-state index is 11.0. The van der Waals surface area contributed by atoms with Gasteiger partial charge in [0, 0.05) is 32.9 Å². The molecular weight excluding hydrogens is 186 g/mol. The van der Waals surface area contributed by atoms with Gasteiger partial charge in [0.15, 0.2) is 0 Å². The topological polar surface area (TPSA) is 101 Å². The molecule has 0 saturated heterocycles. The first kappa shape index (κ1) is 12.4. The number of hydrogen-bond donors (Lipinski definition) is 3. The van der Waals surface area contributed by atoms with Gasteiger partial charge in [0.25, 0.3) is 0 Å². The van der Waals surface area contributed by atoms with Gasteiger partial charge in [-0.15, -0.1) is 0 Å². The Hall–Kier alpha value is -1.59. The fraction of sp³-hybridized carbons (Fsp3) is 0.625. The van der Waals surface area contributed by atoms with E-state index in [0.29, 0.717) is 6.54 Å². The van der Waals surface area contributed by atoms with E-state index in [2.05, 4.69) is 10.6 Å². The molecule has 14 heavy (non-hydrogen) atoms. The normalized spacial score (nSPS) is 9.21. The first-order chi connectivity index (χ1) is 6.52. The molecule has 0 aromatic heterocycles. The molecule has 0 aromatic rings. The van der Waals surface area contributed by atoms with Crippen molar-refractivity contribution in [3.63, 3.8) is 0 Å². The second-order valence-corrected chi connectivity index (χ2v) is 2.80. The zero-order chi connectivity index (χ0) is 11.0. The molecule has 0 aliphatic carbocycles. The van der Waals surface area contributed by atoms with Crippen molar-refractivity contribution in [2.45, 2.75) is 19.8 Å². The van der Waals surface area contributed by atoms with Gasteiger partial charge in [0.1, 0.15) is 0 Å². The lowest BCUT2D eigenvalue weighted by Gasteiger charge is -2.03. The fourth-order valence-corrected chi connectivity index (χ4v) is 0.766. The highest BCUT2D eigenvalue weighted by Gasteiger charge is 2.01. The number of amides is 3. The standard InChI is InChI=1S/C8H15N3O3/c1-6(12)10-5-3-8(14)11-4-2-7(9)13/h2-5H2,1H3,(H2,9,13)(H,10,12)(H,11,14). The lowest BCUT2D eigenvalue weighted by Crippen LogP contribution is -2.31. The Morgan fingerprint density at radius 3 is 2.14 bits per heavy atom. The van der Waals surface area contributed by atoms with Crippen LogP contribution < -0.4 is 16.4 Å². The van der Waals surface area contributed by atoms with Gasteiger partial charge >= 0.3 is 0 Å². The Kier molecular flexibility index (Phi) is 6.09. The van der Waals surface area contributed by atoms with Gasteiger partial charge in [0.05, 0.1) is 0 Å². The van der Waals surface area contributed by atoms with Crippen LogP contribution in [0.3, 0.4) is 0 Å². The van der Waals surface area contributed by atoms with Gasteiger partial charge < -0.3 is 16.4 Å². The molecule has 4 N–H and O–H groups in total. The molecule has 0 aliphatic rings. The Morgan fingerprint density at radius 1 is 1.07 bits per heavy atom. The third kappa shape index (κ3) is 8.51. The minimum Gasteiger partial charge on any atom is -0.370 e. The third-order valence-corrected chi connectivity index (χ3v) is 1.42. The van der Waals surface area contributed by atoms with Crippen molar-refractivity contribution in [1.29, 1.82) is 0 Å². The lowest BCUT2D eigenvalue weighted by atomic mass is 10.3. The molecule has 0 radical (unpaired) electrons. The van der Waals surface area contributed by atoms with Crippen molar-refractivity contribution in [1.82, 2.24) is 10.6 Å². The minimum atomic E-state index is -0.452. The third-order valence-electron chi connectivity index (χ3n) is 1.42. The van der Waals surface area contributed by atoms with E-state index in [4.69, 9.17) is 5.73 Å². The zero-order valence-corrected chi connectivity index (χ0v) is 8.13. The average molecular weight is 201 g/mol. The van der Waals surface area contributed by atoms with Crippen LogP contribution in [0, 0.1) is 0 Å². The Balaban J connectivity index is 3.37. The minimum absolute atomic E-state index is 0.131. The molecule has 0 bridgehead atoms. The second-order valence-electron chi connectivity index (χ2n) is 2.80. The Bertz CT molecular complexity index is 206. The number of primary amides is 1. The van der Waals surface area contributed by atoms with Crippen LogP contribution in [0.15, 0.2) is 0 Å². The number of nitrogens with two attached hydrogens (primary N) is 1. The maximum Gasteiger partial charge on any atom is 0.221 e. The van der Waals surface area contributed by atoms with E-state index in [1.807, 2.05) is 0 Å². The van der Waals surface area contributed by atoms with Crippen molar-refractivity contribution in [2.75, 3.05) is 13.1 Å². The van der Waals surface area contributed by atoms with E-state index < -0.39 is 5.91 Å². The Morgan fingerprint density at radius 2 is 1.64 bits per heavy atom. The predicted molar refractivity (Wildman–Crippen MR) is 50.1 cm³/mol. The molecule has 0 rings (SSSR count). The van der Waals surface area contributed by atoms with Crippen LogP contribution in [0.2, 0.25) is 0 Å². The number of hydrogen-bond acceptors (Lipinski definition) is 3. The zero-order valence-electron chi connectivity index (χ0n) is 8.13. The molecule has 0 atom stereocenters. The summed E-state index contributed by atoms with van der Waals surface area (Å²) in [5.41, 5.74) is 4.87. The summed E-state index contributed by atoms with van der Waals surface area (Å²) in [5, 5.41) is 4.98. The molecule has 0 spiro atoms. The molecule has 0 saturated carbocycles. The molecule has 3 amide bonds. The number of carbonyl (C=O) groups is 3. The van der Waals surface area contributed by atoms with Crippen molar-refractivity contribution < 1.29 is 14.4 Å². The first-order valence-corrected chi connectivity index (χ1v) is 4.32. The van der Waals surface area contributed by atoms with E-state index in [9.17, 15) is 14.4 Å². The van der Waals surface area contributed by atoms with Crippen molar-refractivity contribution in [2.24, 2.45) is 5.73 Å². The van der Waals surface area contributed by atoms with Crippen LogP contribution in [0.25, 0.3) is 0 Å². The van der Waals surface area contributed by atoms with E-state index in [1.54, 1.807) is 0 Å². The summed E-state index contributed by atoms with van der Waals surface area (Å²) in [4.78, 5) is 31.7. The fourth-order valence-electron chi connectivity index (χ4n) is 0.766. The van der Waals surface area contributed by atoms with E-state index in [0.717, 1.165) is 0 Å². The maximum atomic E-state index is 11.0. The molecular formula is C8H15N3O3. The van der Waals surface area contributed by atoms with Gasteiger partial charge in [-0.05, 0) is 0 Å². The summed E-state index contributed by atoms with van der Waals surface area (Å²) in [6.45, 7) is 1.93. The summed E-state index contributed by atoms with van der Waals surface area (Å²) in [5.74, 6) is -0.831. The van der Waals surface area contributed by atoms with Crippen molar-refractivity contribution >= 4 is 17.7 Å². The van der Waals surface area contributed by atoms with Gasteiger partial charge in [-0.3, -0.25) is 14.4 Å². The van der Waals surface area contributed by atoms with E-state index in [1.165, 1.54) is 6.92 Å². The van der Waals surface area contributed by atoms with Gasteiger partial charge in [0.2, 0.25) is 17.7 Å². The molecule has 80 valence electrons. The van der Waals surface area contributed by atoms with Crippen LogP contribution in [-0.4, -0.2) is 30.8 Å². The number of rotatable bonds is 6. The highest BCUT2D eigenvalue weighted by molar-refractivity contribution is 5.79. The molecule has 0 aliphatic heterocycles. The predicted octanol–water partition coefficient (Wildman–Crippen LogP) is -1.50. The van der Waals surface area contributed by atoms with Crippen LogP contribution >= 0.6 is 0 Å². The summed E-state index contributed by atoms with van der Waals surface area (Å²) in [6.07, 6.45) is 0.338. The molecule has 6 nitrogen and oxygen atoms in total. The van der Waals surface area contributed by atoms with Crippen LogP contribution in [0.5, 0.6) is 0 Å². The summed E-state index contributed by atoms with van der Waals surface area (Å²) in [6, 6.07) is 0. The van der Waals surface area contributed by atoms with Crippen molar-refractivity contribution in [3.8, 4) is 0 Å². The van der Waals surface area contributed by atoms with Gasteiger partial charge in [-0.1, -0.05) is 0 Å². The number of nitrogens with one attached hydrogen (secondary N) is 2. The molecule has 6 heteroatoms. The average Bonchev–Trinajstić information content (AvgIpc) is 2.02. The summed E-state index contributed by atoms with van der Waals surface area (Å²) < 4.78 is 0. The Labute approximate surface area is 82.2 Å². The molecule has 0 fully saturated rings.